The predicted octanol–water partition coefficient (Wildman–Crippen LogP) is 2.14. The number of benzene rings is 1. The number of hydrogen-bond acceptors (Lipinski definition) is 6. The van der Waals surface area contributed by atoms with E-state index in [1.807, 2.05) is 4.90 Å². The predicted molar refractivity (Wildman–Crippen MR) is 69.1 cm³/mol. The second-order valence-electron chi connectivity index (χ2n) is 4.62. The lowest BCUT2D eigenvalue weighted by Crippen LogP contribution is -2.30. The third kappa shape index (κ3) is 2.21. The summed E-state index contributed by atoms with van der Waals surface area (Å²) in [5.74, 6) is 0.496. The van der Waals surface area contributed by atoms with E-state index in [0.717, 1.165) is 25.9 Å². The molecule has 2 heterocycles. The number of hydrogen-bond donors (Lipinski definition) is 2. The molecule has 1 saturated heterocycles. The lowest BCUT2D eigenvalue weighted by molar-refractivity contribution is 0.412. The average molecular weight is 261 g/mol. The molecule has 100 valence electrons. The highest BCUT2D eigenvalue weighted by molar-refractivity contribution is 5.70. The SMILES string of the molecule is Oc1cccc(O)c1-c1nc(N2CCCCC2)no1. The van der Waals surface area contributed by atoms with Crippen molar-refractivity contribution in [3.63, 3.8) is 0 Å². The standard InChI is InChI=1S/C13H15N3O3/c17-9-5-4-6-10(18)11(9)12-14-13(15-19-12)16-7-2-1-3-8-16/h4-6,17-18H,1-3,7-8H2. The molecular formula is C13H15N3O3. The molecule has 0 spiro atoms. The Bertz CT molecular complexity index is 556. The zero-order valence-electron chi connectivity index (χ0n) is 10.4. The minimum Gasteiger partial charge on any atom is -0.507 e. The van der Waals surface area contributed by atoms with Gasteiger partial charge in [0, 0.05) is 13.1 Å². The van der Waals surface area contributed by atoms with E-state index in [-0.39, 0.29) is 23.0 Å². The van der Waals surface area contributed by atoms with Gasteiger partial charge in [0.15, 0.2) is 0 Å². The van der Waals surface area contributed by atoms with Crippen molar-refractivity contribution in [1.29, 1.82) is 0 Å². The van der Waals surface area contributed by atoms with Gasteiger partial charge in [-0.25, -0.2) is 0 Å². The van der Waals surface area contributed by atoms with Gasteiger partial charge in [-0.05, 0) is 36.6 Å². The van der Waals surface area contributed by atoms with Gasteiger partial charge < -0.3 is 19.6 Å². The Hall–Kier alpha value is -2.24. The van der Waals surface area contributed by atoms with Crippen LogP contribution in [0.2, 0.25) is 0 Å². The van der Waals surface area contributed by atoms with Gasteiger partial charge in [-0.2, -0.15) is 4.98 Å². The number of phenols is 2. The molecule has 6 nitrogen and oxygen atoms in total. The highest BCUT2D eigenvalue weighted by Crippen LogP contribution is 2.36. The maximum Gasteiger partial charge on any atom is 0.267 e. The molecule has 0 saturated carbocycles. The van der Waals surface area contributed by atoms with Crippen molar-refractivity contribution in [2.24, 2.45) is 0 Å². The third-order valence-electron chi connectivity index (χ3n) is 3.29. The molecule has 6 heteroatoms. The number of piperidine rings is 1. The van der Waals surface area contributed by atoms with Crippen LogP contribution in [-0.2, 0) is 0 Å². The molecule has 2 N–H and O–H groups in total. The van der Waals surface area contributed by atoms with E-state index in [9.17, 15) is 10.2 Å². The van der Waals surface area contributed by atoms with Crippen LogP contribution in [0, 0.1) is 0 Å². The lowest BCUT2D eigenvalue weighted by Gasteiger charge is -2.24. The van der Waals surface area contributed by atoms with Crippen molar-refractivity contribution >= 4 is 5.95 Å². The van der Waals surface area contributed by atoms with E-state index in [1.54, 1.807) is 6.07 Å². The van der Waals surface area contributed by atoms with Crippen molar-refractivity contribution in [1.82, 2.24) is 10.1 Å². The molecule has 0 amide bonds. The Balaban J connectivity index is 1.92. The zero-order valence-corrected chi connectivity index (χ0v) is 10.4. The summed E-state index contributed by atoms with van der Waals surface area (Å²) < 4.78 is 5.14. The molecule has 3 rings (SSSR count). The van der Waals surface area contributed by atoms with Crippen molar-refractivity contribution in [2.45, 2.75) is 19.3 Å². The highest BCUT2D eigenvalue weighted by atomic mass is 16.5. The van der Waals surface area contributed by atoms with Crippen LogP contribution in [0.4, 0.5) is 5.95 Å². The molecule has 1 aliphatic rings. The lowest BCUT2D eigenvalue weighted by atomic mass is 10.1. The first-order valence-electron chi connectivity index (χ1n) is 6.35. The van der Waals surface area contributed by atoms with Crippen molar-refractivity contribution in [3.8, 4) is 23.0 Å². The van der Waals surface area contributed by atoms with Gasteiger partial charge in [-0.3, -0.25) is 0 Å². The van der Waals surface area contributed by atoms with Crippen molar-refractivity contribution in [3.05, 3.63) is 18.2 Å². The molecule has 0 unspecified atom stereocenters. The summed E-state index contributed by atoms with van der Waals surface area (Å²) in [6.07, 6.45) is 3.46. The van der Waals surface area contributed by atoms with Crippen LogP contribution in [0.25, 0.3) is 11.5 Å². The second kappa shape index (κ2) is 4.79. The van der Waals surface area contributed by atoms with Gasteiger partial charge in [0.1, 0.15) is 17.1 Å². The van der Waals surface area contributed by atoms with Crippen LogP contribution in [0.5, 0.6) is 11.5 Å². The van der Waals surface area contributed by atoms with Crippen molar-refractivity contribution in [2.75, 3.05) is 18.0 Å². The fourth-order valence-electron chi connectivity index (χ4n) is 2.29. The normalized spacial score (nSPS) is 15.7. The molecule has 0 atom stereocenters. The van der Waals surface area contributed by atoms with E-state index in [0.29, 0.717) is 5.95 Å². The Morgan fingerprint density at radius 1 is 1.05 bits per heavy atom. The number of aromatic hydroxyl groups is 2. The van der Waals surface area contributed by atoms with E-state index < -0.39 is 0 Å². The first kappa shape index (κ1) is 11.8. The summed E-state index contributed by atoms with van der Waals surface area (Å²) >= 11 is 0. The van der Waals surface area contributed by atoms with E-state index >= 15 is 0 Å². The smallest absolute Gasteiger partial charge is 0.267 e. The van der Waals surface area contributed by atoms with Gasteiger partial charge in [0.05, 0.1) is 0 Å². The minimum atomic E-state index is -0.0751. The van der Waals surface area contributed by atoms with Crippen LogP contribution in [-0.4, -0.2) is 33.4 Å². The summed E-state index contributed by atoms with van der Waals surface area (Å²) in [7, 11) is 0. The maximum atomic E-state index is 9.76. The van der Waals surface area contributed by atoms with E-state index in [4.69, 9.17) is 4.52 Å². The van der Waals surface area contributed by atoms with E-state index in [2.05, 4.69) is 10.1 Å². The molecule has 0 aliphatic carbocycles. The van der Waals surface area contributed by atoms with Gasteiger partial charge in [0.2, 0.25) is 0 Å². The number of nitrogens with zero attached hydrogens (tertiary/aromatic N) is 3. The Morgan fingerprint density at radius 2 is 1.74 bits per heavy atom. The Kier molecular flexibility index (Phi) is 2.98. The molecule has 0 bridgehead atoms. The van der Waals surface area contributed by atoms with Crippen LogP contribution in [0.3, 0.4) is 0 Å². The van der Waals surface area contributed by atoms with Crippen LogP contribution in [0.15, 0.2) is 22.7 Å². The molecule has 1 aromatic heterocycles. The molecule has 0 radical (unpaired) electrons. The number of rotatable bonds is 2. The summed E-state index contributed by atoms with van der Waals surface area (Å²) in [4.78, 5) is 6.30. The Labute approximate surface area is 110 Å². The minimum absolute atomic E-state index is 0.0751. The molecule has 2 aromatic rings. The maximum absolute atomic E-state index is 9.76. The van der Waals surface area contributed by atoms with Gasteiger partial charge >= 0.3 is 0 Å². The fourth-order valence-corrected chi connectivity index (χ4v) is 2.29. The monoisotopic (exact) mass is 261 g/mol. The second-order valence-corrected chi connectivity index (χ2v) is 4.62. The average Bonchev–Trinajstić information content (AvgIpc) is 2.89. The largest absolute Gasteiger partial charge is 0.507 e. The van der Waals surface area contributed by atoms with Crippen LogP contribution < -0.4 is 4.90 Å². The first-order chi connectivity index (χ1) is 9.25. The summed E-state index contributed by atoms with van der Waals surface area (Å²) in [5, 5.41) is 23.4. The summed E-state index contributed by atoms with van der Waals surface area (Å²) in [6.45, 7) is 1.82. The number of phenolic OH excluding ortho intramolecular Hbond substituents is 2. The highest BCUT2D eigenvalue weighted by Gasteiger charge is 2.20. The molecule has 19 heavy (non-hydrogen) atoms. The molecule has 1 fully saturated rings. The van der Waals surface area contributed by atoms with Crippen LogP contribution >= 0.6 is 0 Å². The van der Waals surface area contributed by atoms with Gasteiger partial charge in [0.25, 0.3) is 11.8 Å². The fraction of sp³-hybridized carbons (Fsp3) is 0.385. The molecule has 1 aliphatic heterocycles. The summed E-state index contributed by atoms with van der Waals surface area (Å²) in [5.41, 5.74) is 0.179. The topological polar surface area (TPSA) is 82.6 Å². The Morgan fingerprint density at radius 3 is 2.42 bits per heavy atom. The summed E-state index contributed by atoms with van der Waals surface area (Å²) in [6, 6.07) is 4.50. The number of aromatic nitrogens is 2. The van der Waals surface area contributed by atoms with Crippen LogP contribution in [0.1, 0.15) is 19.3 Å². The zero-order chi connectivity index (χ0) is 13.2. The quantitative estimate of drug-likeness (QED) is 0.861. The van der Waals surface area contributed by atoms with Gasteiger partial charge in [-0.1, -0.05) is 6.07 Å². The number of anilines is 1. The molecule has 1 aromatic carbocycles. The van der Waals surface area contributed by atoms with E-state index in [1.165, 1.54) is 18.6 Å². The van der Waals surface area contributed by atoms with Gasteiger partial charge in [-0.15, -0.1) is 0 Å². The third-order valence-corrected chi connectivity index (χ3v) is 3.29. The first-order valence-corrected chi connectivity index (χ1v) is 6.35. The molecular weight excluding hydrogens is 246 g/mol. The van der Waals surface area contributed by atoms with Crippen molar-refractivity contribution < 1.29 is 14.7 Å².